The summed E-state index contributed by atoms with van der Waals surface area (Å²) < 4.78 is 12.3. The molecule has 3 aliphatic rings. The number of carbonyl (C=O) groups is 1. The van der Waals surface area contributed by atoms with Crippen LogP contribution in [0.1, 0.15) is 58.4 Å². The Morgan fingerprint density at radius 2 is 1.77 bits per heavy atom. The van der Waals surface area contributed by atoms with Crippen LogP contribution in [0.5, 0.6) is 11.5 Å². The Morgan fingerprint density at radius 3 is 2.54 bits per heavy atom. The van der Waals surface area contributed by atoms with Gasteiger partial charge in [-0.2, -0.15) is 0 Å². The zero-order valence-electron chi connectivity index (χ0n) is 29.4. The first-order valence-electron chi connectivity index (χ1n) is 18.1. The fourth-order valence-corrected chi connectivity index (χ4v) is 7.49. The molecule has 2 bridgehead atoms. The minimum atomic E-state index is -0.809. The van der Waals surface area contributed by atoms with E-state index in [2.05, 4.69) is 45.6 Å². The molecule has 0 saturated carbocycles. The first-order valence-corrected chi connectivity index (χ1v) is 18.1. The molecular weight excluding hydrogens is 656 g/mol. The molecule has 10 heteroatoms. The Bertz CT molecular complexity index is 2060. The number of aromatic hydroxyl groups is 1. The van der Waals surface area contributed by atoms with Gasteiger partial charge in [-0.15, -0.1) is 0 Å². The number of aryl methyl sites for hydroxylation is 1. The van der Waals surface area contributed by atoms with Crippen molar-refractivity contribution in [3.05, 3.63) is 141 Å². The maximum Gasteiger partial charge on any atom is 0.408 e. The van der Waals surface area contributed by atoms with Crippen molar-refractivity contribution < 1.29 is 24.5 Å². The van der Waals surface area contributed by atoms with E-state index in [0.29, 0.717) is 47.8 Å². The van der Waals surface area contributed by atoms with Gasteiger partial charge in [0.1, 0.15) is 24.2 Å². The van der Waals surface area contributed by atoms with Gasteiger partial charge in [-0.3, -0.25) is 9.69 Å². The van der Waals surface area contributed by atoms with Gasteiger partial charge in [0.2, 0.25) is 5.56 Å². The van der Waals surface area contributed by atoms with E-state index < -0.39 is 12.2 Å². The van der Waals surface area contributed by atoms with E-state index in [-0.39, 0.29) is 23.5 Å². The highest BCUT2D eigenvalue weighted by molar-refractivity contribution is 5.87. The van der Waals surface area contributed by atoms with Gasteiger partial charge in [0.25, 0.3) is 0 Å². The van der Waals surface area contributed by atoms with Crippen molar-refractivity contribution in [3.63, 3.8) is 0 Å². The van der Waals surface area contributed by atoms with Crippen LogP contribution in [0.25, 0.3) is 10.9 Å². The number of nitrogens with one attached hydrogen (secondary N) is 3. The highest BCUT2D eigenvalue weighted by Crippen LogP contribution is 2.31. The molecule has 3 fully saturated rings. The average molecular weight is 703 g/mol. The molecule has 4 aromatic carbocycles. The number of nitrogens with zero attached hydrogens (tertiary/aromatic N) is 1. The van der Waals surface area contributed by atoms with Gasteiger partial charge in [-0.25, -0.2) is 4.79 Å². The number of amides is 1. The lowest BCUT2D eigenvalue weighted by Gasteiger charge is -2.43. The number of phenolic OH excluding ortho intramolecular Hbond substituents is 1. The van der Waals surface area contributed by atoms with Gasteiger partial charge >= 0.3 is 6.09 Å². The number of fused-ring (bicyclic) bond motifs is 4. The summed E-state index contributed by atoms with van der Waals surface area (Å²) in [5.74, 6) is 1.12. The van der Waals surface area contributed by atoms with Crippen molar-refractivity contribution in [2.24, 2.45) is 5.92 Å². The number of H-pyrrole nitrogens is 1. The second kappa shape index (κ2) is 16.0. The van der Waals surface area contributed by atoms with E-state index >= 15 is 0 Å². The van der Waals surface area contributed by atoms with Gasteiger partial charge in [0.15, 0.2) is 0 Å². The molecular formula is C42H46N4O6. The highest BCUT2D eigenvalue weighted by atomic mass is 16.6. The maximum atomic E-state index is 13.2. The molecule has 8 rings (SSSR count). The molecule has 52 heavy (non-hydrogen) atoms. The van der Waals surface area contributed by atoms with Gasteiger partial charge in [-0.05, 0) is 109 Å². The number of ether oxygens (including phenoxy) is 2. The Labute approximate surface area is 303 Å². The monoisotopic (exact) mass is 702 g/mol. The van der Waals surface area contributed by atoms with E-state index in [1.807, 2.05) is 54.6 Å². The molecule has 0 spiro atoms. The number of hydrogen-bond donors (Lipinski definition) is 5. The quantitative estimate of drug-likeness (QED) is 0.0959. The zero-order valence-corrected chi connectivity index (χ0v) is 29.4. The third-order valence-electron chi connectivity index (χ3n) is 10.4. The lowest BCUT2D eigenvalue weighted by atomic mass is 9.86. The predicted molar refractivity (Wildman–Crippen MR) is 201 cm³/mol. The molecule has 10 nitrogen and oxygen atoms in total. The lowest BCUT2D eigenvalue weighted by molar-refractivity contribution is -0.0336. The number of phenols is 1. The number of aliphatic hydroxyl groups is 1. The van der Waals surface area contributed by atoms with Crippen molar-refractivity contribution in [1.29, 1.82) is 0 Å². The number of aromatic amines is 1. The number of pyridine rings is 1. The van der Waals surface area contributed by atoms with Crippen LogP contribution in [-0.4, -0.2) is 65.0 Å². The molecule has 4 heterocycles. The number of alkyl carbamates (subject to hydrolysis) is 1. The molecule has 3 atom stereocenters. The molecule has 0 aliphatic carbocycles. The van der Waals surface area contributed by atoms with Gasteiger partial charge < -0.3 is 35.3 Å². The molecule has 1 amide bonds. The first-order chi connectivity index (χ1) is 25.3. The Balaban J connectivity index is 0.933. The summed E-state index contributed by atoms with van der Waals surface area (Å²) in [7, 11) is 0. The average Bonchev–Trinajstić information content (AvgIpc) is 3.16. The predicted octanol–water partition coefficient (Wildman–Crippen LogP) is 5.90. The second-order valence-electron chi connectivity index (χ2n) is 13.9. The molecule has 5 N–H and O–H groups in total. The summed E-state index contributed by atoms with van der Waals surface area (Å²) >= 11 is 0. The van der Waals surface area contributed by atoms with Gasteiger partial charge in [0, 0.05) is 24.5 Å². The molecule has 270 valence electrons. The van der Waals surface area contributed by atoms with Crippen LogP contribution >= 0.6 is 0 Å². The first kappa shape index (κ1) is 35.3. The third kappa shape index (κ3) is 8.31. The summed E-state index contributed by atoms with van der Waals surface area (Å²) in [6.45, 7) is 6.45. The van der Waals surface area contributed by atoms with Crippen LogP contribution in [0.3, 0.4) is 0 Å². The fraction of sp³-hybridized carbons (Fsp3) is 0.333. The van der Waals surface area contributed by atoms with Crippen molar-refractivity contribution in [2.45, 2.75) is 51.0 Å². The smallest absolute Gasteiger partial charge is 0.408 e. The minimum Gasteiger partial charge on any atom is -0.506 e. The number of piperidine rings is 3. The van der Waals surface area contributed by atoms with Crippen LogP contribution in [-0.2, 0) is 17.8 Å². The molecule has 3 aliphatic heterocycles. The Morgan fingerprint density at radius 1 is 0.962 bits per heavy atom. The van der Waals surface area contributed by atoms with Gasteiger partial charge in [-0.1, -0.05) is 66.7 Å². The van der Waals surface area contributed by atoms with Crippen LogP contribution in [0.15, 0.2) is 102 Å². The lowest BCUT2D eigenvalue weighted by Crippen LogP contribution is -2.52. The highest BCUT2D eigenvalue weighted by Gasteiger charge is 2.37. The van der Waals surface area contributed by atoms with E-state index in [9.17, 15) is 19.8 Å². The van der Waals surface area contributed by atoms with Crippen molar-refractivity contribution >= 4 is 17.0 Å². The number of rotatable bonds is 13. The number of carbonyl (C=O) groups excluding carboxylic acids is 1. The topological polar surface area (TPSA) is 136 Å². The number of benzene rings is 4. The SMILES string of the molecule is Cc1cc(CCNCC(O)c2ccc(O)c3[nH]c(=O)ccc23)ccc1COc1cccc([C@@H](NC(=O)OC2CN3CCC2CC3)c2ccccc2)c1. The molecule has 3 saturated heterocycles. The van der Waals surface area contributed by atoms with E-state index in [4.69, 9.17) is 9.47 Å². The number of aromatic nitrogens is 1. The van der Waals surface area contributed by atoms with Crippen molar-refractivity contribution in [3.8, 4) is 11.5 Å². The van der Waals surface area contributed by atoms with Crippen LogP contribution in [0, 0.1) is 12.8 Å². The van der Waals surface area contributed by atoms with E-state index in [1.165, 1.54) is 17.7 Å². The Hall–Kier alpha value is -5.16. The van der Waals surface area contributed by atoms with Crippen molar-refractivity contribution in [2.75, 3.05) is 32.7 Å². The van der Waals surface area contributed by atoms with Crippen LogP contribution in [0.4, 0.5) is 4.79 Å². The molecule has 5 aromatic rings. The van der Waals surface area contributed by atoms with Gasteiger partial charge in [0.05, 0.1) is 17.7 Å². The van der Waals surface area contributed by atoms with Crippen molar-refractivity contribution in [1.82, 2.24) is 20.5 Å². The Kier molecular flexibility index (Phi) is 10.9. The third-order valence-corrected chi connectivity index (χ3v) is 10.4. The molecule has 1 aromatic heterocycles. The summed E-state index contributed by atoms with van der Waals surface area (Å²) in [5, 5.41) is 28.1. The fourth-order valence-electron chi connectivity index (χ4n) is 7.49. The minimum absolute atomic E-state index is 0.0307. The molecule has 2 unspecified atom stereocenters. The van der Waals surface area contributed by atoms with Crippen LogP contribution in [0.2, 0.25) is 0 Å². The summed E-state index contributed by atoms with van der Waals surface area (Å²) in [5.41, 5.74) is 5.89. The van der Waals surface area contributed by atoms with Crippen LogP contribution < -0.4 is 20.9 Å². The number of hydrogen-bond acceptors (Lipinski definition) is 8. The summed E-state index contributed by atoms with van der Waals surface area (Å²) in [6.07, 6.45) is 1.66. The normalized spacial score (nSPS) is 19.2. The summed E-state index contributed by atoms with van der Waals surface area (Å²) in [6, 6.07) is 29.9. The molecule has 0 radical (unpaired) electrons. The second-order valence-corrected chi connectivity index (χ2v) is 13.9. The number of aliphatic hydroxyl groups excluding tert-OH is 1. The zero-order chi connectivity index (χ0) is 36.0. The largest absolute Gasteiger partial charge is 0.506 e. The summed E-state index contributed by atoms with van der Waals surface area (Å²) in [4.78, 5) is 30.0. The maximum absolute atomic E-state index is 13.2. The van der Waals surface area contributed by atoms with E-state index in [1.54, 1.807) is 12.1 Å². The standard InChI is InChI=1S/C42H46N4O6/c1-27-22-28(16-19-43-24-37(48)34-12-14-36(47)41-35(34)13-15-39(49)44-41)10-11-32(27)26-51-33-9-5-8-31(23-33)40(30-6-3-2-4-7-30)45-42(50)52-38-25-46-20-17-29(38)18-21-46/h2-15,22-23,29,37-38,40,43,47-48H,16-21,24-26H2,1H3,(H,44,49)(H,45,50)/t37?,38?,40-/m0/s1. The van der Waals surface area contributed by atoms with E-state index in [0.717, 1.165) is 61.2 Å².